The Bertz CT molecular complexity index is 582. The summed E-state index contributed by atoms with van der Waals surface area (Å²) >= 11 is 0. The van der Waals surface area contributed by atoms with Gasteiger partial charge in [0.05, 0.1) is 16.9 Å². The highest BCUT2D eigenvalue weighted by Crippen LogP contribution is 2.20. The van der Waals surface area contributed by atoms with Crippen LogP contribution in [0.4, 0.5) is 0 Å². The van der Waals surface area contributed by atoms with Gasteiger partial charge >= 0.3 is 0 Å². The number of allylic oxidation sites excluding steroid dienone is 1. The highest BCUT2D eigenvalue weighted by atomic mass is 14.8. The van der Waals surface area contributed by atoms with Crippen LogP contribution in [0.5, 0.6) is 0 Å². The summed E-state index contributed by atoms with van der Waals surface area (Å²) in [4.78, 5) is 9.00. The lowest BCUT2D eigenvalue weighted by atomic mass is 10.1. The van der Waals surface area contributed by atoms with Crippen molar-refractivity contribution in [2.24, 2.45) is 4.99 Å². The van der Waals surface area contributed by atoms with Crippen molar-refractivity contribution in [1.82, 2.24) is 4.98 Å². The van der Waals surface area contributed by atoms with Crippen LogP contribution in [0, 0.1) is 0 Å². The Labute approximate surface area is 94.4 Å². The number of rotatable bonds is 1. The van der Waals surface area contributed by atoms with E-state index >= 15 is 0 Å². The maximum absolute atomic E-state index is 4.62. The Morgan fingerprint density at radius 3 is 2.75 bits per heavy atom. The van der Waals surface area contributed by atoms with Gasteiger partial charge < -0.3 is 0 Å². The second-order valence-electron chi connectivity index (χ2n) is 3.87. The summed E-state index contributed by atoms with van der Waals surface area (Å²) in [5.41, 5.74) is 2.99. The molecule has 2 nitrogen and oxygen atoms in total. The zero-order chi connectivity index (χ0) is 10.8. The number of hydrogen-bond acceptors (Lipinski definition) is 2. The number of nitrogens with zero attached hydrogens (tertiary/aromatic N) is 2. The molecular weight excluding hydrogens is 196 g/mol. The minimum Gasteiger partial charge on any atom is -0.259 e. The summed E-state index contributed by atoms with van der Waals surface area (Å²) in [5, 5.41) is 1.17. The minimum atomic E-state index is 0.967. The lowest BCUT2D eigenvalue weighted by molar-refractivity contribution is 1.09. The van der Waals surface area contributed by atoms with E-state index < -0.39 is 0 Å². The molecule has 0 aliphatic carbocycles. The standard InChI is InChI=1S/C14H12N2/c1-2-6-12-11(5-1)8-9-14(16-12)13-7-3-4-10-15-13/h1-2,5-10H,3-4H2. The van der Waals surface area contributed by atoms with E-state index in [4.69, 9.17) is 0 Å². The molecule has 0 atom stereocenters. The first-order valence-corrected chi connectivity index (χ1v) is 5.52. The summed E-state index contributed by atoms with van der Waals surface area (Å²) in [6, 6.07) is 12.3. The van der Waals surface area contributed by atoms with Crippen LogP contribution in [-0.2, 0) is 0 Å². The molecule has 0 saturated carbocycles. The van der Waals surface area contributed by atoms with Crippen molar-refractivity contribution < 1.29 is 0 Å². The van der Waals surface area contributed by atoms with Gasteiger partial charge in [-0.1, -0.05) is 30.3 Å². The number of para-hydroxylation sites is 1. The van der Waals surface area contributed by atoms with Crippen LogP contribution >= 0.6 is 0 Å². The fraction of sp³-hybridized carbons (Fsp3) is 0.143. The number of fused-ring (bicyclic) bond motifs is 1. The molecule has 16 heavy (non-hydrogen) atoms. The number of aliphatic imine (C=N–C) groups is 1. The van der Waals surface area contributed by atoms with Crippen molar-refractivity contribution >= 4 is 22.8 Å². The highest BCUT2D eigenvalue weighted by molar-refractivity contribution is 5.82. The van der Waals surface area contributed by atoms with Gasteiger partial charge in [0.2, 0.25) is 0 Å². The molecule has 1 aliphatic heterocycles. The molecule has 0 amide bonds. The van der Waals surface area contributed by atoms with Crippen LogP contribution in [0.1, 0.15) is 18.5 Å². The summed E-state index contributed by atoms with van der Waals surface area (Å²) in [6.07, 6.45) is 6.22. The van der Waals surface area contributed by atoms with Crippen molar-refractivity contribution in [3.63, 3.8) is 0 Å². The molecule has 0 bridgehead atoms. The van der Waals surface area contributed by atoms with Crippen molar-refractivity contribution in [2.75, 3.05) is 0 Å². The Morgan fingerprint density at radius 1 is 0.938 bits per heavy atom. The van der Waals surface area contributed by atoms with E-state index in [1.807, 2.05) is 30.5 Å². The van der Waals surface area contributed by atoms with E-state index in [1.165, 1.54) is 5.39 Å². The molecule has 78 valence electrons. The van der Waals surface area contributed by atoms with E-state index in [1.54, 1.807) is 0 Å². The van der Waals surface area contributed by atoms with E-state index in [2.05, 4.69) is 28.2 Å². The maximum atomic E-state index is 4.62. The predicted molar refractivity (Wildman–Crippen MR) is 67.4 cm³/mol. The minimum absolute atomic E-state index is 0.967. The van der Waals surface area contributed by atoms with Gasteiger partial charge in [0.25, 0.3) is 0 Å². The van der Waals surface area contributed by atoms with Gasteiger partial charge in [0.1, 0.15) is 0 Å². The third-order valence-electron chi connectivity index (χ3n) is 2.72. The largest absolute Gasteiger partial charge is 0.259 e. The molecule has 0 saturated heterocycles. The molecule has 2 aromatic rings. The molecule has 0 fully saturated rings. The smallest absolute Gasteiger partial charge is 0.0890 e. The summed E-state index contributed by atoms with van der Waals surface area (Å²) in [5.74, 6) is 0. The molecule has 0 N–H and O–H groups in total. The second-order valence-corrected chi connectivity index (χ2v) is 3.87. The van der Waals surface area contributed by atoms with Crippen LogP contribution in [0.2, 0.25) is 0 Å². The zero-order valence-electron chi connectivity index (χ0n) is 8.93. The second kappa shape index (κ2) is 3.89. The van der Waals surface area contributed by atoms with Gasteiger partial charge in [0, 0.05) is 11.6 Å². The fourth-order valence-electron chi connectivity index (χ4n) is 1.89. The average molecular weight is 208 g/mol. The van der Waals surface area contributed by atoms with Gasteiger partial charge in [-0.2, -0.15) is 0 Å². The first-order valence-electron chi connectivity index (χ1n) is 5.52. The van der Waals surface area contributed by atoms with E-state index in [0.717, 1.165) is 29.7 Å². The molecule has 0 spiro atoms. The molecule has 2 heteroatoms. The fourth-order valence-corrected chi connectivity index (χ4v) is 1.89. The Balaban J connectivity index is 2.11. The van der Waals surface area contributed by atoms with Gasteiger partial charge in [-0.15, -0.1) is 0 Å². The van der Waals surface area contributed by atoms with Crippen molar-refractivity contribution in [1.29, 1.82) is 0 Å². The average Bonchev–Trinajstić information content (AvgIpc) is 2.39. The molecule has 1 aromatic carbocycles. The first kappa shape index (κ1) is 9.28. The molecule has 1 aliphatic rings. The lowest BCUT2D eigenvalue weighted by Crippen LogP contribution is -1.92. The zero-order valence-corrected chi connectivity index (χ0v) is 8.93. The monoisotopic (exact) mass is 208 g/mol. The summed E-state index contributed by atoms with van der Waals surface area (Å²) < 4.78 is 0. The topological polar surface area (TPSA) is 25.2 Å². The maximum Gasteiger partial charge on any atom is 0.0890 e. The number of benzene rings is 1. The van der Waals surface area contributed by atoms with E-state index in [9.17, 15) is 0 Å². The van der Waals surface area contributed by atoms with Crippen LogP contribution in [0.15, 0.2) is 47.5 Å². The molecule has 2 heterocycles. The van der Waals surface area contributed by atoms with Crippen molar-refractivity contribution in [3.8, 4) is 0 Å². The SMILES string of the molecule is C1=NC(c2ccc3ccccc3n2)=CCC1. The number of pyridine rings is 1. The van der Waals surface area contributed by atoms with E-state index in [-0.39, 0.29) is 0 Å². The van der Waals surface area contributed by atoms with Crippen LogP contribution in [0.3, 0.4) is 0 Å². The molecular formula is C14H12N2. The quantitative estimate of drug-likeness (QED) is 0.704. The van der Waals surface area contributed by atoms with Gasteiger partial charge in [0.15, 0.2) is 0 Å². The Hall–Kier alpha value is -1.96. The predicted octanol–water partition coefficient (Wildman–Crippen LogP) is 3.44. The number of aromatic nitrogens is 1. The Morgan fingerprint density at radius 2 is 1.88 bits per heavy atom. The lowest BCUT2D eigenvalue weighted by Gasteiger charge is -2.06. The number of hydrogen-bond donors (Lipinski definition) is 0. The van der Waals surface area contributed by atoms with Crippen molar-refractivity contribution in [3.05, 3.63) is 48.2 Å². The van der Waals surface area contributed by atoms with Crippen LogP contribution in [0.25, 0.3) is 16.6 Å². The highest BCUT2D eigenvalue weighted by Gasteiger charge is 2.04. The Kier molecular flexibility index (Phi) is 2.26. The van der Waals surface area contributed by atoms with E-state index in [0.29, 0.717) is 0 Å². The first-order chi connectivity index (χ1) is 7.93. The van der Waals surface area contributed by atoms with Crippen LogP contribution < -0.4 is 0 Å². The summed E-state index contributed by atoms with van der Waals surface area (Å²) in [7, 11) is 0. The van der Waals surface area contributed by atoms with Gasteiger partial charge in [-0.3, -0.25) is 4.99 Å². The molecule has 0 unspecified atom stereocenters. The molecule has 1 aromatic heterocycles. The van der Waals surface area contributed by atoms with Gasteiger partial charge in [-0.05, 0) is 25.0 Å². The normalized spacial score (nSPS) is 15.1. The van der Waals surface area contributed by atoms with Crippen LogP contribution in [-0.4, -0.2) is 11.2 Å². The molecule has 3 rings (SSSR count). The van der Waals surface area contributed by atoms with Crippen molar-refractivity contribution in [2.45, 2.75) is 12.8 Å². The summed E-state index contributed by atoms with van der Waals surface area (Å²) in [6.45, 7) is 0. The third-order valence-corrected chi connectivity index (χ3v) is 2.72. The van der Waals surface area contributed by atoms with Gasteiger partial charge in [-0.25, -0.2) is 4.98 Å². The molecule has 0 radical (unpaired) electrons. The third kappa shape index (κ3) is 1.63.